The maximum Gasteiger partial charge on any atom is 0.0842 e. The predicted molar refractivity (Wildman–Crippen MR) is 136 cm³/mol. The molecule has 31 heavy (non-hydrogen) atoms. The number of aromatic nitrogens is 2. The van der Waals surface area contributed by atoms with Gasteiger partial charge in [0, 0.05) is 6.04 Å². The summed E-state index contributed by atoms with van der Waals surface area (Å²) in [6.07, 6.45) is 11.1. The molecule has 0 spiro atoms. The minimum absolute atomic E-state index is 0.139. The fourth-order valence-corrected chi connectivity index (χ4v) is 3.09. The van der Waals surface area contributed by atoms with E-state index in [4.69, 9.17) is 4.98 Å². The van der Waals surface area contributed by atoms with Gasteiger partial charge in [-0.3, -0.25) is 9.97 Å². The van der Waals surface area contributed by atoms with Gasteiger partial charge in [0.15, 0.2) is 0 Å². The minimum Gasteiger partial charge on any atom is -0.395 e. The molecular weight excluding hydrogens is 382 g/mol. The second-order valence-corrected chi connectivity index (χ2v) is 10.1. The molecule has 1 aromatic heterocycles. The minimum atomic E-state index is 0.139. The lowest BCUT2D eigenvalue weighted by Gasteiger charge is -2.22. The van der Waals surface area contributed by atoms with Crippen molar-refractivity contribution in [2.45, 2.75) is 120 Å². The van der Waals surface area contributed by atoms with E-state index in [1.54, 1.807) is 0 Å². The van der Waals surface area contributed by atoms with Crippen LogP contribution in [-0.2, 0) is 0 Å². The van der Waals surface area contributed by atoms with E-state index < -0.39 is 0 Å². The van der Waals surface area contributed by atoms with Crippen molar-refractivity contribution in [1.29, 1.82) is 0 Å². The van der Waals surface area contributed by atoms with Crippen molar-refractivity contribution in [1.82, 2.24) is 15.3 Å². The summed E-state index contributed by atoms with van der Waals surface area (Å²) in [5.74, 6) is 0.630. The zero-order valence-electron chi connectivity index (χ0n) is 22.2. The van der Waals surface area contributed by atoms with E-state index in [0.717, 1.165) is 36.3 Å². The van der Waals surface area contributed by atoms with E-state index >= 15 is 0 Å². The van der Waals surface area contributed by atoms with Crippen molar-refractivity contribution in [3.05, 3.63) is 28.9 Å². The van der Waals surface area contributed by atoms with Crippen LogP contribution in [0.5, 0.6) is 0 Å². The molecule has 2 heterocycles. The number of aryl methyl sites for hydroxylation is 1. The van der Waals surface area contributed by atoms with Crippen LogP contribution in [0.25, 0.3) is 6.08 Å². The molecule has 1 aromatic rings. The lowest BCUT2D eigenvalue weighted by molar-refractivity contribution is 0.222. The van der Waals surface area contributed by atoms with Crippen LogP contribution in [0.2, 0.25) is 0 Å². The van der Waals surface area contributed by atoms with Crippen LogP contribution < -0.4 is 5.32 Å². The van der Waals surface area contributed by atoms with Gasteiger partial charge in [0.25, 0.3) is 0 Å². The monoisotopic (exact) mass is 433 g/mol. The van der Waals surface area contributed by atoms with Gasteiger partial charge in [0.1, 0.15) is 0 Å². The van der Waals surface area contributed by atoms with E-state index in [1.165, 1.54) is 24.8 Å². The number of rotatable bonds is 4. The predicted octanol–water partition coefficient (Wildman–Crippen LogP) is 7.27. The molecule has 0 radical (unpaired) electrons. The number of nitrogens with zero attached hydrogens (tertiary/aromatic N) is 2. The highest BCUT2D eigenvalue weighted by Gasteiger charge is 2.25. The summed E-state index contributed by atoms with van der Waals surface area (Å²) in [5.41, 5.74) is 4.35. The Morgan fingerprint density at radius 1 is 1.16 bits per heavy atom. The zero-order valence-corrected chi connectivity index (χ0v) is 22.2. The molecule has 180 valence electrons. The van der Waals surface area contributed by atoms with Gasteiger partial charge in [0.05, 0.1) is 35.9 Å². The van der Waals surface area contributed by atoms with Crippen LogP contribution >= 0.6 is 0 Å². The van der Waals surface area contributed by atoms with Crippen LogP contribution in [0, 0.1) is 18.3 Å². The Bertz CT molecular complexity index is 632. The van der Waals surface area contributed by atoms with Crippen molar-refractivity contribution >= 4 is 6.08 Å². The van der Waals surface area contributed by atoms with E-state index in [-0.39, 0.29) is 24.1 Å². The lowest BCUT2D eigenvalue weighted by Crippen LogP contribution is -2.35. The maximum atomic E-state index is 9.57. The molecule has 4 nitrogen and oxygen atoms in total. The third-order valence-corrected chi connectivity index (χ3v) is 5.69. The Morgan fingerprint density at radius 2 is 1.74 bits per heavy atom. The quantitative estimate of drug-likeness (QED) is 0.524. The lowest BCUT2D eigenvalue weighted by atomic mass is 9.87. The Morgan fingerprint density at radius 3 is 2.19 bits per heavy atom. The van der Waals surface area contributed by atoms with Crippen LogP contribution in [0.4, 0.5) is 0 Å². The topological polar surface area (TPSA) is 58.0 Å². The molecule has 0 saturated carbocycles. The third kappa shape index (κ3) is 11.8. The fourth-order valence-electron chi connectivity index (χ4n) is 3.09. The van der Waals surface area contributed by atoms with Crippen LogP contribution in [0.1, 0.15) is 124 Å². The standard InChI is InChI=1S/C20H33N3O.C4H10.C3H8/c1-13-7-8-17(23-16(9-13)12-24)19-11-21-18(15(3)22-19)10-14(2)20(4,5)6;1-3-4-2;1-3-2/h10-11,13,16-17,23-24H,7-9,12H2,1-6H3;3-4H2,1-2H3;3H2,1-2H3/b14-10+;;. The van der Waals surface area contributed by atoms with E-state index in [0.29, 0.717) is 5.92 Å². The summed E-state index contributed by atoms with van der Waals surface area (Å²) < 4.78 is 0. The average Bonchev–Trinajstić information content (AvgIpc) is 2.90. The van der Waals surface area contributed by atoms with Gasteiger partial charge in [-0.05, 0) is 50.5 Å². The molecule has 0 bridgehead atoms. The first-order chi connectivity index (χ1) is 14.5. The molecule has 2 rings (SSSR count). The third-order valence-electron chi connectivity index (χ3n) is 5.69. The van der Waals surface area contributed by atoms with Crippen molar-refractivity contribution in [2.24, 2.45) is 11.3 Å². The van der Waals surface area contributed by atoms with Gasteiger partial charge in [0.2, 0.25) is 0 Å². The van der Waals surface area contributed by atoms with E-state index in [9.17, 15) is 5.11 Å². The summed E-state index contributed by atoms with van der Waals surface area (Å²) in [6, 6.07) is 0.331. The van der Waals surface area contributed by atoms with E-state index in [2.05, 4.69) is 78.7 Å². The Labute approximate surface area is 193 Å². The molecule has 1 aliphatic heterocycles. The van der Waals surface area contributed by atoms with E-state index in [1.807, 2.05) is 13.1 Å². The van der Waals surface area contributed by atoms with Crippen molar-refractivity contribution in [3.8, 4) is 0 Å². The number of aliphatic hydroxyl groups is 1. The normalized spacial score (nSPS) is 21.9. The van der Waals surface area contributed by atoms with Gasteiger partial charge < -0.3 is 10.4 Å². The molecule has 0 aromatic carbocycles. The Balaban J connectivity index is 0.00000113. The summed E-state index contributed by atoms with van der Waals surface area (Å²) >= 11 is 0. The molecular formula is C27H51N3O. The maximum absolute atomic E-state index is 9.57. The smallest absolute Gasteiger partial charge is 0.0842 e. The molecule has 0 amide bonds. The first-order valence-corrected chi connectivity index (χ1v) is 12.4. The number of nitrogens with one attached hydrogen (secondary N) is 1. The van der Waals surface area contributed by atoms with Crippen molar-refractivity contribution < 1.29 is 5.11 Å². The second-order valence-electron chi connectivity index (χ2n) is 10.1. The van der Waals surface area contributed by atoms with Gasteiger partial charge in [-0.2, -0.15) is 0 Å². The largest absolute Gasteiger partial charge is 0.395 e. The Hall–Kier alpha value is -1.26. The summed E-state index contributed by atoms with van der Waals surface area (Å²) in [6.45, 7) is 21.9. The highest BCUT2D eigenvalue weighted by molar-refractivity contribution is 5.51. The average molecular weight is 434 g/mol. The number of hydrogen-bond acceptors (Lipinski definition) is 4. The molecule has 1 fully saturated rings. The molecule has 1 aliphatic rings. The molecule has 3 unspecified atom stereocenters. The van der Waals surface area contributed by atoms with Crippen molar-refractivity contribution in [2.75, 3.05) is 6.61 Å². The number of aliphatic hydroxyl groups excluding tert-OH is 1. The molecule has 2 N–H and O–H groups in total. The summed E-state index contributed by atoms with van der Waals surface area (Å²) in [7, 11) is 0. The Kier molecular flexibility index (Phi) is 14.9. The number of allylic oxidation sites excluding steroid dienone is 1. The van der Waals surface area contributed by atoms with Gasteiger partial charge >= 0.3 is 0 Å². The van der Waals surface area contributed by atoms with Crippen LogP contribution in [-0.4, -0.2) is 27.7 Å². The van der Waals surface area contributed by atoms with Gasteiger partial charge in [-0.25, -0.2) is 0 Å². The zero-order chi connectivity index (χ0) is 24.0. The van der Waals surface area contributed by atoms with Crippen LogP contribution in [0.15, 0.2) is 11.8 Å². The summed E-state index contributed by atoms with van der Waals surface area (Å²) in [4.78, 5) is 9.48. The number of unbranched alkanes of at least 4 members (excludes halogenated alkanes) is 1. The summed E-state index contributed by atoms with van der Waals surface area (Å²) in [5, 5.41) is 13.1. The first kappa shape index (κ1) is 29.7. The highest BCUT2D eigenvalue weighted by Crippen LogP contribution is 2.29. The van der Waals surface area contributed by atoms with Crippen molar-refractivity contribution in [3.63, 3.8) is 0 Å². The molecule has 3 atom stereocenters. The highest BCUT2D eigenvalue weighted by atomic mass is 16.3. The first-order valence-electron chi connectivity index (χ1n) is 12.4. The van der Waals surface area contributed by atoms with Gasteiger partial charge in [-0.15, -0.1) is 0 Å². The molecule has 0 aliphatic carbocycles. The number of hydrogen-bond donors (Lipinski definition) is 2. The van der Waals surface area contributed by atoms with Crippen LogP contribution in [0.3, 0.4) is 0 Å². The molecule has 1 saturated heterocycles. The van der Waals surface area contributed by atoms with Gasteiger partial charge in [-0.1, -0.05) is 80.2 Å². The second kappa shape index (κ2) is 15.5. The SMILES string of the molecule is C/C(=C\c1ncc(C2CCC(C)CC(CO)N2)nc1C)C(C)(C)C.CCC.CCCC. The molecule has 4 heteroatoms. The fraction of sp³-hybridized carbons (Fsp3) is 0.778.